The molecule has 5 nitrogen and oxygen atoms in total. The van der Waals surface area contributed by atoms with E-state index in [2.05, 4.69) is 12.2 Å². The van der Waals surface area contributed by atoms with Crippen molar-refractivity contribution in [2.24, 2.45) is 5.14 Å². The van der Waals surface area contributed by atoms with Crippen molar-refractivity contribution in [2.45, 2.75) is 50.3 Å². The molecule has 1 atom stereocenters. The maximum Gasteiger partial charge on any atom is 0.252 e. The number of hydrogen-bond acceptors (Lipinski definition) is 4. The fourth-order valence-corrected chi connectivity index (χ4v) is 3.91. The molecule has 1 aromatic rings. The molecule has 19 heavy (non-hydrogen) atoms. The number of amides is 1. The first-order chi connectivity index (χ1) is 8.81. The third-order valence-corrected chi connectivity index (χ3v) is 5.64. The van der Waals surface area contributed by atoms with Gasteiger partial charge in [-0.25, -0.2) is 13.6 Å². The van der Waals surface area contributed by atoms with Gasteiger partial charge < -0.3 is 5.32 Å². The molecule has 0 saturated heterocycles. The second kappa shape index (κ2) is 6.49. The quantitative estimate of drug-likeness (QED) is 0.842. The average molecular weight is 304 g/mol. The Kier molecular flexibility index (Phi) is 5.51. The minimum Gasteiger partial charge on any atom is -0.349 e. The molecule has 0 spiro atoms. The molecule has 1 heterocycles. The molecule has 0 aliphatic carbocycles. The molecule has 1 amide bonds. The predicted molar refractivity (Wildman–Crippen MR) is 76.9 cm³/mol. The van der Waals surface area contributed by atoms with Gasteiger partial charge in [0.05, 0.1) is 5.56 Å². The molecule has 0 fully saturated rings. The molecular formula is C12H20N2O3S2. The zero-order valence-corrected chi connectivity index (χ0v) is 13.0. The molecule has 108 valence electrons. The van der Waals surface area contributed by atoms with Crippen LogP contribution in [-0.4, -0.2) is 20.4 Å². The van der Waals surface area contributed by atoms with Crippen LogP contribution in [0.1, 0.15) is 49.0 Å². The molecule has 0 aliphatic rings. The number of rotatable bonds is 6. The van der Waals surface area contributed by atoms with Gasteiger partial charge in [0.2, 0.25) is 10.0 Å². The first kappa shape index (κ1) is 16.1. The Balaban J connectivity index is 2.93. The Morgan fingerprint density at radius 3 is 2.53 bits per heavy atom. The number of thiophene rings is 1. The fraction of sp³-hybridized carbons (Fsp3) is 0.583. The zero-order valence-electron chi connectivity index (χ0n) is 11.4. The van der Waals surface area contributed by atoms with Gasteiger partial charge in [0.15, 0.2) is 0 Å². The molecule has 1 unspecified atom stereocenters. The van der Waals surface area contributed by atoms with Crippen LogP contribution >= 0.6 is 11.3 Å². The van der Waals surface area contributed by atoms with Crippen LogP contribution in [0.5, 0.6) is 0 Å². The number of nitrogens with one attached hydrogen (secondary N) is 1. The molecule has 0 saturated carbocycles. The SMILES string of the molecule is CCCC(CC)NC(=O)c1csc(S(N)(=O)=O)c1C. The number of hydrogen-bond donors (Lipinski definition) is 2. The number of primary sulfonamides is 1. The van der Waals surface area contributed by atoms with Crippen LogP contribution in [0.3, 0.4) is 0 Å². The van der Waals surface area contributed by atoms with Gasteiger partial charge in [-0.1, -0.05) is 20.3 Å². The van der Waals surface area contributed by atoms with Crippen molar-refractivity contribution >= 4 is 27.3 Å². The van der Waals surface area contributed by atoms with Gasteiger partial charge in [0.1, 0.15) is 4.21 Å². The summed E-state index contributed by atoms with van der Waals surface area (Å²) in [7, 11) is -3.75. The summed E-state index contributed by atoms with van der Waals surface area (Å²) in [6, 6.07) is 0.120. The Labute approximate surface area is 118 Å². The van der Waals surface area contributed by atoms with E-state index >= 15 is 0 Å². The van der Waals surface area contributed by atoms with E-state index in [9.17, 15) is 13.2 Å². The van der Waals surface area contributed by atoms with Crippen LogP contribution in [0, 0.1) is 6.92 Å². The van der Waals surface area contributed by atoms with Crippen molar-refractivity contribution in [3.8, 4) is 0 Å². The smallest absolute Gasteiger partial charge is 0.252 e. The van der Waals surface area contributed by atoms with E-state index in [1.165, 1.54) is 0 Å². The third-order valence-electron chi connectivity index (χ3n) is 2.96. The lowest BCUT2D eigenvalue weighted by atomic mass is 10.1. The largest absolute Gasteiger partial charge is 0.349 e. The van der Waals surface area contributed by atoms with Crippen molar-refractivity contribution in [3.05, 3.63) is 16.5 Å². The minimum absolute atomic E-state index is 0.0567. The summed E-state index contributed by atoms with van der Waals surface area (Å²) >= 11 is 0.986. The molecule has 7 heteroatoms. The van der Waals surface area contributed by atoms with Crippen LogP contribution in [-0.2, 0) is 10.0 Å². The molecule has 0 aliphatic heterocycles. The minimum atomic E-state index is -3.75. The van der Waals surface area contributed by atoms with E-state index < -0.39 is 10.0 Å². The summed E-state index contributed by atoms with van der Waals surface area (Å²) in [4.78, 5) is 12.1. The highest BCUT2D eigenvalue weighted by Gasteiger charge is 2.21. The predicted octanol–water partition coefficient (Wildman–Crippen LogP) is 2.01. The highest BCUT2D eigenvalue weighted by Crippen LogP contribution is 2.25. The average Bonchev–Trinajstić information content (AvgIpc) is 2.70. The molecular weight excluding hydrogens is 284 g/mol. The third kappa shape index (κ3) is 4.02. The van der Waals surface area contributed by atoms with E-state index in [-0.39, 0.29) is 16.2 Å². The second-order valence-corrected chi connectivity index (χ2v) is 7.11. The van der Waals surface area contributed by atoms with Crippen molar-refractivity contribution in [1.82, 2.24) is 5.32 Å². The molecule has 3 N–H and O–H groups in total. The Morgan fingerprint density at radius 1 is 1.47 bits per heavy atom. The lowest BCUT2D eigenvalue weighted by molar-refractivity contribution is 0.0933. The van der Waals surface area contributed by atoms with Crippen molar-refractivity contribution in [2.75, 3.05) is 0 Å². The molecule has 0 radical (unpaired) electrons. The van der Waals surface area contributed by atoms with Gasteiger partial charge >= 0.3 is 0 Å². The van der Waals surface area contributed by atoms with Crippen molar-refractivity contribution in [1.29, 1.82) is 0 Å². The van der Waals surface area contributed by atoms with Crippen LogP contribution in [0.15, 0.2) is 9.59 Å². The van der Waals surface area contributed by atoms with Crippen LogP contribution in [0.25, 0.3) is 0 Å². The number of sulfonamides is 1. The topological polar surface area (TPSA) is 89.3 Å². The van der Waals surface area contributed by atoms with Gasteiger partial charge in [-0.3, -0.25) is 4.79 Å². The Bertz CT molecular complexity index is 549. The molecule has 1 rings (SSSR count). The summed E-state index contributed by atoms with van der Waals surface area (Å²) in [5.41, 5.74) is 0.819. The normalized spacial score (nSPS) is 13.3. The van der Waals surface area contributed by atoms with E-state index in [1.54, 1.807) is 12.3 Å². The maximum atomic E-state index is 12.1. The van der Waals surface area contributed by atoms with Gasteiger partial charge in [0, 0.05) is 11.4 Å². The van der Waals surface area contributed by atoms with E-state index in [4.69, 9.17) is 5.14 Å². The van der Waals surface area contributed by atoms with Crippen molar-refractivity contribution in [3.63, 3.8) is 0 Å². The first-order valence-corrected chi connectivity index (χ1v) is 8.65. The summed E-state index contributed by atoms with van der Waals surface area (Å²) in [6.07, 6.45) is 2.75. The summed E-state index contributed by atoms with van der Waals surface area (Å²) < 4.78 is 22.7. The second-order valence-electron chi connectivity index (χ2n) is 4.47. The fourth-order valence-electron chi connectivity index (χ4n) is 1.89. The van der Waals surface area contributed by atoms with Crippen LogP contribution < -0.4 is 10.5 Å². The summed E-state index contributed by atoms with van der Waals surface area (Å²) in [5, 5.41) is 9.56. The van der Waals surface area contributed by atoms with Gasteiger partial charge in [-0.15, -0.1) is 11.3 Å². The number of carbonyl (C=O) groups excluding carboxylic acids is 1. The number of carbonyl (C=O) groups is 1. The van der Waals surface area contributed by atoms with Crippen LogP contribution in [0.4, 0.5) is 0 Å². The van der Waals surface area contributed by atoms with Gasteiger partial charge in [-0.2, -0.15) is 0 Å². The van der Waals surface area contributed by atoms with E-state index in [0.29, 0.717) is 11.1 Å². The first-order valence-electron chi connectivity index (χ1n) is 6.23. The number of nitrogens with two attached hydrogens (primary N) is 1. The van der Waals surface area contributed by atoms with Gasteiger partial charge in [0.25, 0.3) is 5.91 Å². The summed E-state index contributed by atoms with van der Waals surface area (Å²) in [5.74, 6) is -0.232. The highest BCUT2D eigenvalue weighted by molar-refractivity contribution is 7.91. The molecule has 1 aromatic heterocycles. The monoisotopic (exact) mass is 304 g/mol. The maximum absolute atomic E-state index is 12.1. The Hall–Kier alpha value is -0.920. The lowest BCUT2D eigenvalue weighted by Gasteiger charge is -2.15. The van der Waals surface area contributed by atoms with Gasteiger partial charge in [-0.05, 0) is 25.3 Å². The Morgan fingerprint density at radius 2 is 2.11 bits per heavy atom. The summed E-state index contributed by atoms with van der Waals surface area (Å²) in [6.45, 7) is 5.67. The zero-order chi connectivity index (χ0) is 14.6. The lowest BCUT2D eigenvalue weighted by Crippen LogP contribution is -2.34. The van der Waals surface area contributed by atoms with Crippen molar-refractivity contribution < 1.29 is 13.2 Å². The highest BCUT2D eigenvalue weighted by atomic mass is 32.2. The van der Waals surface area contributed by atoms with Crippen LogP contribution in [0.2, 0.25) is 0 Å². The molecule has 0 aromatic carbocycles. The van der Waals surface area contributed by atoms with E-state index in [1.807, 2.05) is 6.92 Å². The standard InChI is InChI=1S/C12H20N2O3S2/c1-4-6-9(5-2)14-11(15)10-7-18-12(8(10)3)19(13,16)17/h7,9H,4-6H2,1-3H3,(H,14,15)(H2,13,16,17). The molecule has 0 bridgehead atoms. The van der Waals surface area contributed by atoms with E-state index in [0.717, 1.165) is 30.6 Å².